The molecule has 5 heteroatoms. The molecule has 102 valence electrons. The zero-order chi connectivity index (χ0) is 13.7. The smallest absolute Gasteiger partial charge is 0.162 e. The Morgan fingerprint density at radius 3 is 2.79 bits per heavy atom. The summed E-state index contributed by atoms with van der Waals surface area (Å²) in [6.07, 6.45) is 0.720. The van der Waals surface area contributed by atoms with Gasteiger partial charge in [-0.25, -0.2) is 0 Å². The first-order valence-electron chi connectivity index (χ1n) is 6.47. The number of nitrogens with one attached hydrogen (secondary N) is 1. The predicted molar refractivity (Wildman–Crippen MR) is 72.4 cm³/mol. The number of nitriles is 1. The number of piperazine rings is 1. The van der Waals surface area contributed by atoms with Crippen LogP contribution in [0.1, 0.15) is 11.1 Å². The van der Waals surface area contributed by atoms with Crippen LogP contribution >= 0.6 is 0 Å². The van der Waals surface area contributed by atoms with Gasteiger partial charge in [0.2, 0.25) is 0 Å². The van der Waals surface area contributed by atoms with Gasteiger partial charge in [-0.15, -0.1) is 0 Å². The molecule has 0 bridgehead atoms. The van der Waals surface area contributed by atoms with Gasteiger partial charge < -0.3 is 20.1 Å². The summed E-state index contributed by atoms with van der Waals surface area (Å²) < 4.78 is 5.10. The minimum Gasteiger partial charge on any atom is -0.504 e. The fourth-order valence-electron chi connectivity index (χ4n) is 2.29. The van der Waals surface area contributed by atoms with E-state index in [2.05, 4.69) is 16.3 Å². The molecule has 1 heterocycles. The number of aromatic hydroxyl groups is 1. The Kier molecular flexibility index (Phi) is 4.61. The lowest BCUT2D eigenvalue weighted by molar-refractivity contribution is 0.243. The highest BCUT2D eigenvalue weighted by Crippen LogP contribution is 2.31. The highest BCUT2D eigenvalue weighted by Gasteiger charge is 2.13. The molecule has 1 aliphatic rings. The van der Waals surface area contributed by atoms with Crippen molar-refractivity contribution in [3.05, 3.63) is 23.3 Å². The number of methoxy groups -OCH3 is 1. The molecule has 0 atom stereocenters. The van der Waals surface area contributed by atoms with E-state index >= 15 is 0 Å². The van der Waals surface area contributed by atoms with Crippen LogP contribution in [0.4, 0.5) is 0 Å². The molecule has 0 unspecified atom stereocenters. The van der Waals surface area contributed by atoms with Crippen molar-refractivity contribution < 1.29 is 9.84 Å². The maximum absolute atomic E-state index is 10.1. The summed E-state index contributed by atoms with van der Waals surface area (Å²) in [6, 6.07) is 5.39. The van der Waals surface area contributed by atoms with Crippen LogP contribution in [-0.2, 0) is 6.42 Å². The number of phenolic OH excluding ortho intramolecular Hbond substituents is 1. The minimum atomic E-state index is 0.150. The lowest BCUT2D eigenvalue weighted by Crippen LogP contribution is -2.44. The van der Waals surface area contributed by atoms with E-state index in [0.29, 0.717) is 11.3 Å². The maximum Gasteiger partial charge on any atom is 0.162 e. The summed E-state index contributed by atoms with van der Waals surface area (Å²) in [5, 5.41) is 22.4. The molecule has 0 aromatic heterocycles. The van der Waals surface area contributed by atoms with Gasteiger partial charge in [0.15, 0.2) is 11.5 Å². The second kappa shape index (κ2) is 6.41. The van der Waals surface area contributed by atoms with Crippen molar-refractivity contribution in [1.82, 2.24) is 10.2 Å². The van der Waals surface area contributed by atoms with Crippen molar-refractivity contribution in [1.29, 1.82) is 5.26 Å². The molecule has 5 nitrogen and oxygen atoms in total. The van der Waals surface area contributed by atoms with Crippen LogP contribution in [0.25, 0.3) is 0 Å². The van der Waals surface area contributed by atoms with Gasteiger partial charge in [0.1, 0.15) is 0 Å². The molecule has 0 amide bonds. The van der Waals surface area contributed by atoms with E-state index in [1.165, 1.54) is 7.11 Å². The molecule has 0 aliphatic carbocycles. The van der Waals surface area contributed by atoms with Crippen molar-refractivity contribution in [3.63, 3.8) is 0 Å². The second-order valence-corrected chi connectivity index (χ2v) is 4.64. The largest absolute Gasteiger partial charge is 0.504 e. The van der Waals surface area contributed by atoms with E-state index in [4.69, 9.17) is 10.00 Å². The Bertz CT molecular complexity index is 476. The van der Waals surface area contributed by atoms with Crippen LogP contribution in [0.3, 0.4) is 0 Å². The fraction of sp³-hybridized carbons (Fsp3) is 0.500. The SMILES string of the molecule is COc1cc(C#N)cc(CCN2CCNCC2)c1O. The lowest BCUT2D eigenvalue weighted by atomic mass is 10.1. The third-order valence-electron chi connectivity index (χ3n) is 3.41. The van der Waals surface area contributed by atoms with Gasteiger partial charge in [-0.05, 0) is 12.5 Å². The molecule has 0 spiro atoms. The maximum atomic E-state index is 10.1. The van der Waals surface area contributed by atoms with Gasteiger partial charge in [0.05, 0.1) is 18.7 Å². The first kappa shape index (κ1) is 13.7. The van der Waals surface area contributed by atoms with E-state index in [-0.39, 0.29) is 5.75 Å². The fourth-order valence-corrected chi connectivity index (χ4v) is 2.29. The molecule has 0 saturated carbocycles. The molecular formula is C14H19N3O2. The molecule has 19 heavy (non-hydrogen) atoms. The summed E-state index contributed by atoms with van der Waals surface area (Å²) in [7, 11) is 1.50. The van der Waals surface area contributed by atoms with Gasteiger partial charge >= 0.3 is 0 Å². The zero-order valence-electron chi connectivity index (χ0n) is 11.1. The van der Waals surface area contributed by atoms with Crippen LogP contribution in [0.15, 0.2) is 12.1 Å². The van der Waals surface area contributed by atoms with Gasteiger partial charge in [0.25, 0.3) is 0 Å². The third kappa shape index (κ3) is 3.37. The van der Waals surface area contributed by atoms with Crippen molar-refractivity contribution in [2.45, 2.75) is 6.42 Å². The number of rotatable bonds is 4. The summed E-state index contributed by atoms with van der Waals surface area (Å²) >= 11 is 0. The first-order valence-corrected chi connectivity index (χ1v) is 6.47. The van der Waals surface area contributed by atoms with E-state index in [9.17, 15) is 5.11 Å². The van der Waals surface area contributed by atoms with Crippen LogP contribution < -0.4 is 10.1 Å². The minimum absolute atomic E-state index is 0.150. The van der Waals surface area contributed by atoms with Crippen LogP contribution in [0, 0.1) is 11.3 Å². The van der Waals surface area contributed by atoms with Crippen molar-refractivity contribution in [3.8, 4) is 17.6 Å². The molecule has 1 aromatic rings. The van der Waals surface area contributed by atoms with E-state index in [0.717, 1.165) is 44.7 Å². The Balaban J connectivity index is 2.08. The zero-order valence-corrected chi connectivity index (χ0v) is 11.1. The molecule has 1 aliphatic heterocycles. The van der Waals surface area contributed by atoms with Gasteiger partial charge in [-0.3, -0.25) is 0 Å². The highest BCUT2D eigenvalue weighted by atomic mass is 16.5. The monoisotopic (exact) mass is 261 g/mol. The number of ether oxygens (including phenoxy) is 1. The average molecular weight is 261 g/mol. The van der Waals surface area contributed by atoms with Gasteiger partial charge in [0, 0.05) is 44.4 Å². The van der Waals surface area contributed by atoms with Gasteiger partial charge in [-0.2, -0.15) is 5.26 Å². The molecule has 1 aromatic carbocycles. The molecule has 2 N–H and O–H groups in total. The van der Waals surface area contributed by atoms with Crippen LogP contribution in [-0.4, -0.2) is 49.8 Å². The highest BCUT2D eigenvalue weighted by molar-refractivity contribution is 5.51. The number of hydrogen-bond donors (Lipinski definition) is 2. The number of nitrogens with zero attached hydrogens (tertiary/aromatic N) is 2. The number of benzene rings is 1. The van der Waals surface area contributed by atoms with E-state index in [1.807, 2.05) is 0 Å². The molecule has 1 fully saturated rings. The van der Waals surface area contributed by atoms with E-state index < -0.39 is 0 Å². The van der Waals surface area contributed by atoms with Gasteiger partial charge in [-0.1, -0.05) is 0 Å². The quantitative estimate of drug-likeness (QED) is 0.836. The normalized spacial score (nSPS) is 16.0. The third-order valence-corrected chi connectivity index (χ3v) is 3.41. The van der Waals surface area contributed by atoms with Crippen molar-refractivity contribution in [2.75, 3.05) is 39.8 Å². The Labute approximate surface area is 113 Å². The molecule has 1 saturated heterocycles. The molecular weight excluding hydrogens is 242 g/mol. The summed E-state index contributed by atoms with van der Waals surface area (Å²) in [6.45, 7) is 4.94. The standard InChI is InChI=1S/C14H19N3O2/c1-19-13-9-11(10-15)8-12(14(13)18)2-5-17-6-3-16-4-7-17/h8-9,16,18H,2-7H2,1H3. The number of phenols is 1. The Morgan fingerprint density at radius 1 is 1.42 bits per heavy atom. The summed E-state index contributed by atoms with van der Waals surface area (Å²) in [5.74, 6) is 0.519. The van der Waals surface area contributed by atoms with Crippen LogP contribution in [0.2, 0.25) is 0 Å². The molecule has 2 rings (SSSR count). The van der Waals surface area contributed by atoms with Crippen LogP contribution in [0.5, 0.6) is 11.5 Å². The summed E-state index contributed by atoms with van der Waals surface area (Å²) in [5.41, 5.74) is 1.29. The van der Waals surface area contributed by atoms with Crippen molar-refractivity contribution in [2.24, 2.45) is 0 Å². The first-order chi connectivity index (χ1) is 9.24. The van der Waals surface area contributed by atoms with E-state index in [1.54, 1.807) is 12.1 Å². The lowest BCUT2D eigenvalue weighted by Gasteiger charge is -2.27. The topological polar surface area (TPSA) is 68.5 Å². The number of hydrogen-bond acceptors (Lipinski definition) is 5. The average Bonchev–Trinajstić information content (AvgIpc) is 2.47. The summed E-state index contributed by atoms with van der Waals surface area (Å²) in [4.78, 5) is 2.35. The second-order valence-electron chi connectivity index (χ2n) is 4.64. The molecule has 0 radical (unpaired) electrons. The van der Waals surface area contributed by atoms with Crippen molar-refractivity contribution >= 4 is 0 Å². The predicted octanol–water partition coefficient (Wildman–Crippen LogP) is 0.720. The Hall–Kier alpha value is -1.77. The Morgan fingerprint density at radius 2 is 2.16 bits per heavy atom.